The maximum atomic E-state index is 12.8. The second kappa shape index (κ2) is 8.92. The molecule has 1 aliphatic rings. The van der Waals surface area contributed by atoms with E-state index in [4.69, 9.17) is 4.74 Å². The number of rotatable bonds is 6. The fourth-order valence-corrected chi connectivity index (χ4v) is 3.98. The van der Waals surface area contributed by atoms with Gasteiger partial charge < -0.3 is 24.7 Å². The third kappa shape index (κ3) is 4.72. The van der Waals surface area contributed by atoms with E-state index < -0.39 is 4.92 Å². The summed E-state index contributed by atoms with van der Waals surface area (Å²) in [5.74, 6) is 0.740. The van der Waals surface area contributed by atoms with E-state index in [1.165, 1.54) is 24.0 Å². The van der Waals surface area contributed by atoms with Crippen molar-refractivity contribution in [3.63, 3.8) is 0 Å². The lowest BCUT2D eigenvalue weighted by Crippen LogP contribution is -2.50. The molecule has 2 heterocycles. The van der Waals surface area contributed by atoms with Crippen molar-refractivity contribution in [2.24, 2.45) is 0 Å². The Morgan fingerprint density at radius 1 is 1.18 bits per heavy atom. The number of aromatic nitrogens is 1. The first-order valence-electron chi connectivity index (χ1n) is 8.93. The van der Waals surface area contributed by atoms with Crippen LogP contribution in [0.25, 0.3) is 0 Å². The van der Waals surface area contributed by atoms with Gasteiger partial charge in [-0.1, -0.05) is 0 Å². The number of nitrogens with zero attached hydrogens (tertiary/aromatic N) is 4. The summed E-state index contributed by atoms with van der Waals surface area (Å²) >= 11 is 1.53. The molecule has 1 aliphatic heterocycles. The van der Waals surface area contributed by atoms with Gasteiger partial charge in [-0.05, 0) is 47.2 Å². The van der Waals surface area contributed by atoms with Gasteiger partial charge in [0, 0.05) is 37.1 Å². The molecule has 0 radical (unpaired) electrons. The standard InChI is InChI=1S/C19H22N4O4S/c1-14(28-17-6-4-16(27-2)5-7-17)19(24)22-11-9-21(10-12-22)15-3-8-18(20-13-15)23(25)26/h3-8,13-14H,9-12H2,1-2H3/t14-/m0/s1. The molecule has 1 atom stereocenters. The Morgan fingerprint density at radius 2 is 1.86 bits per heavy atom. The van der Waals surface area contributed by atoms with Gasteiger partial charge in [0.25, 0.3) is 0 Å². The molecule has 28 heavy (non-hydrogen) atoms. The predicted octanol–water partition coefficient (Wildman–Crippen LogP) is 2.83. The van der Waals surface area contributed by atoms with Crippen LogP contribution in [0, 0.1) is 10.1 Å². The highest BCUT2D eigenvalue weighted by molar-refractivity contribution is 8.00. The van der Waals surface area contributed by atoms with Crippen molar-refractivity contribution >= 4 is 29.2 Å². The molecule has 9 heteroatoms. The summed E-state index contributed by atoms with van der Waals surface area (Å²) < 4.78 is 5.15. The van der Waals surface area contributed by atoms with Gasteiger partial charge >= 0.3 is 5.82 Å². The van der Waals surface area contributed by atoms with E-state index in [1.54, 1.807) is 13.2 Å². The number of carbonyl (C=O) groups is 1. The number of anilines is 1. The third-order valence-electron chi connectivity index (χ3n) is 4.60. The van der Waals surface area contributed by atoms with Crippen LogP contribution in [0.3, 0.4) is 0 Å². The van der Waals surface area contributed by atoms with Gasteiger partial charge in [0.15, 0.2) is 6.20 Å². The monoisotopic (exact) mass is 402 g/mol. The Morgan fingerprint density at radius 3 is 2.39 bits per heavy atom. The van der Waals surface area contributed by atoms with E-state index >= 15 is 0 Å². The SMILES string of the molecule is COc1ccc(S[C@@H](C)C(=O)N2CCN(c3ccc([N+](=O)[O-])nc3)CC2)cc1. The lowest BCUT2D eigenvalue weighted by atomic mass is 10.2. The summed E-state index contributed by atoms with van der Waals surface area (Å²) in [6.07, 6.45) is 1.51. The van der Waals surface area contributed by atoms with E-state index in [2.05, 4.69) is 9.88 Å². The molecular weight excluding hydrogens is 380 g/mol. The molecule has 2 aromatic rings. The highest BCUT2D eigenvalue weighted by atomic mass is 32.2. The first kappa shape index (κ1) is 19.9. The second-order valence-electron chi connectivity index (χ2n) is 6.38. The van der Waals surface area contributed by atoms with Gasteiger partial charge in [0.05, 0.1) is 18.0 Å². The fraction of sp³-hybridized carbons (Fsp3) is 0.368. The highest BCUT2D eigenvalue weighted by Gasteiger charge is 2.26. The van der Waals surface area contributed by atoms with Gasteiger partial charge in [0.1, 0.15) is 5.75 Å². The van der Waals surface area contributed by atoms with E-state index in [0.29, 0.717) is 26.2 Å². The highest BCUT2D eigenvalue weighted by Crippen LogP contribution is 2.27. The Labute approximate surface area is 167 Å². The van der Waals surface area contributed by atoms with Crippen molar-refractivity contribution in [3.8, 4) is 5.75 Å². The molecule has 0 bridgehead atoms. The van der Waals surface area contributed by atoms with Crippen molar-refractivity contribution in [2.75, 3.05) is 38.2 Å². The number of methoxy groups -OCH3 is 1. The molecular formula is C19H22N4O4S. The van der Waals surface area contributed by atoms with E-state index in [9.17, 15) is 14.9 Å². The van der Waals surface area contributed by atoms with Crippen LogP contribution in [-0.2, 0) is 4.79 Å². The number of benzene rings is 1. The summed E-state index contributed by atoms with van der Waals surface area (Å²) in [6, 6.07) is 10.8. The zero-order valence-electron chi connectivity index (χ0n) is 15.8. The zero-order chi connectivity index (χ0) is 20.1. The Balaban J connectivity index is 1.53. The summed E-state index contributed by atoms with van der Waals surface area (Å²) in [5, 5.41) is 10.5. The number of ether oxygens (including phenoxy) is 1. The molecule has 3 rings (SSSR count). The molecule has 8 nitrogen and oxygen atoms in total. The first-order valence-corrected chi connectivity index (χ1v) is 9.81. The lowest BCUT2D eigenvalue weighted by molar-refractivity contribution is -0.389. The van der Waals surface area contributed by atoms with E-state index in [0.717, 1.165) is 16.3 Å². The number of nitro groups is 1. The Hall–Kier alpha value is -2.81. The van der Waals surface area contributed by atoms with Crippen LogP contribution in [0.2, 0.25) is 0 Å². The van der Waals surface area contributed by atoms with Crippen LogP contribution < -0.4 is 9.64 Å². The summed E-state index contributed by atoms with van der Waals surface area (Å²) in [7, 11) is 1.63. The number of hydrogen-bond acceptors (Lipinski definition) is 7. The molecule has 0 aliphatic carbocycles. The number of hydrogen-bond donors (Lipinski definition) is 0. The molecule has 0 spiro atoms. The minimum absolute atomic E-state index is 0.113. The quantitative estimate of drug-likeness (QED) is 0.417. The fourth-order valence-electron chi connectivity index (χ4n) is 3.02. The van der Waals surface area contributed by atoms with Crippen molar-refractivity contribution < 1.29 is 14.5 Å². The van der Waals surface area contributed by atoms with Gasteiger partial charge in [-0.15, -0.1) is 11.8 Å². The molecule has 0 N–H and O–H groups in total. The average Bonchev–Trinajstić information content (AvgIpc) is 2.74. The molecule has 0 saturated carbocycles. The van der Waals surface area contributed by atoms with Gasteiger partial charge in [-0.2, -0.15) is 0 Å². The van der Waals surface area contributed by atoms with Crippen LogP contribution in [-0.4, -0.2) is 59.3 Å². The van der Waals surface area contributed by atoms with E-state index in [1.807, 2.05) is 36.1 Å². The van der Waals surface area contributed by atoms with Crippen LogP contribution in [0.4, 0.5) is 11.5 Å². The maximum absolute atomic E-state index is 12.8. The number of carbonyl (C=O) groups excluding carboxylic acids is 1. The van der Waals surface area contributed by atoms with Crippen molar-refractivity contribution in [3.05, 3.63) is 52.7 Å². The third-order valence-corrected chi connectivity index (χ3v) is 5.70. The number of pyridine rings is 1. The zero-order valence-corrected chi connectivity index (χ0v) is 16.6. The second-order valence-corrected chi connectivity index (χ2v) is 7.79. The maximum Gasteiger partial charge on any atom is 0.363 e. The van der Waals surface area contributed by atoms with Gasteiger partial charge in [0.2, 0.25) is 5.91 Å². The number of amides is 1. The Kier molecular flexibility index (Phi) is 6.35. The van der Waals surface area contributed by atoms with Crippen molar-refractivity contribution in [1.82, 2.24) is 9.88 Å². The molecule has 1 amide bonds. The summed E-state index contributed by atoms with van der Waals surface area (Å²) in [5.41, 5.74) is 0.832. The smallest absolute Gasteiger partial charge is 0.363 e. The van der Waals surface area contributed by atoms with Gasteiger partial charge in [-0.25, -0.2) is 0 Å². The Bertz CT molecular complexity index is 821. The van der Waals surface area contributed by atoms with Crippen LogP contribution >= 0.6 is 11.8 Å². The average molecular weight is 402 g/mol. The van der Waals surface area contributed by atoms with Crippen LogP contribution in [0.5, 0.6) is 5.75 Å². The first-order chi connectivity index (χ1) is 13.5. The largest absolute Gasteiger partial charge is 0.497 e. The van der Waals surface area contributed by atoms with Crippen molar-refractivity contribution in [1.29, 1.82) is 0 Å². The number of piperazine rings is 1. The molecule has 148 valence electrons. The van der Waals surface area contributed by atoms with E-state index in [-0.39, 0.29) is 17.0 Å². The number of thioether (sulfide) groups is 1. The summed E-state index contributed by atoms with van der Waals surface area (Å²) in [4.78, 5) is 31.8. The van der Waals surface area contributed by atoms with Crippen LogP contribution in [0.15, 0.2) is 47.5 Å². The molecule has 1 aromatic heterocycles. The predicted molar refractivity (Wildman–Crippen MR) is 108 cm³/mol. The molecule has 1 fully saturated rings. The van der Waals surface area contributed by atoms with Gasteiger partial charge in [-0.3, -0.25) is 4.79 Å². The minimum atomic E-state index is -0.512. The van der Waals surface area contributed by atoms with Crippen molar-refractivity contribution in [2.45, 2.75) is 17.1 Å². The summed E-state index contributed by atoms with van der Waals surface area (Å²) in [6.45, 7) is 4.49. The topological polar surface area (TPSA) is 88.8 Å². The molecule has 0 unspecified atom stereocenters. The van der Waals surface area contributed by atoms with Crippen LogP contribution in [0.1, 0.15) is 6.92 Å². The molecule has 1 aromatic carbocycles. The minimum Gasteiger partial charge on any atom is -0.497 e. The molecule has 1 saturated heterocycles. The normalized spacial score (nSPS) is 15.2. The lowest BCUT2D eigenvalue weighted by Gasteiger charge is -2.36.